The van der Waals surface area contributed by atoms with Crippen molar-refractivity contribution in [3.05, 3.63) is 0 Å². The van der Waals surface area contributed by atoms with Gasteiger partial charge in [-0.05, 0) is 33.1 Å². The third-order valence-corrected chi connectivity index (χ3v) is 6.29. The monoisotopic (exact) mass is 360 g/mol. The standard InChI is InChI=1S/C18H33NO6/c1-18(2,21)13(20)9-25-12-6-5-10-14(16(12)23-4)19-17-11(7-8-24-17)15(10)22-3/h10-17,19-21H,5-9H2,1-4H3/p+1. The lowest BCUT2D eigenvalue weighted by Gasteiger charge is -2.48. The summed E-state index contributed by atoms with van der Waals surface area (Å²) in [6.07, 6.45) is 2.14. The number of rotatable bonds is 6. The zero-order valence-electron chi connectivity index (χ0n) is 15.8. The van der Waals surface area contributed by atoms with E-state index in [0.29, 0.717) is 11.8 Å². The van der Waals surface area contributed by atoms with E-state index in [1.165, 1.54) is 0 Å². The third-order valence-electron chi connectivity index (χ3n) is 6.29. The van der Waals surface area contributed by atoms with Crippen LogP contribution in [-0.4, -0.2) is 79.9 Å². The molecule has 8 atom stereocenters. The average Bonchev–Trinajstić information content (AvgIpc) is 3.04. The van der Waals surface area contributed by atoms with E-state index in [4.69, 9.17) is 18.9 Å². The molecule has 2 heterocycles. The number of piperidine rings is 1. The Bertz CT molecular complexity index is 442. The maximum Gasteiger partial charge on any atom is 0.195 e. The van der Waals surface area contributed by atoms with Crippen molar-refractivity contribution < 1.29 is 34.5 Å². The Morgan fingerprint density at radius 3 is 2.48 bits per heavy atom. The lowest BCUT2D eigenvalue weighted by atomic mass is 9.70. The summed E-state index contributed by atoms with van der Waals surface area (Å²) < 4.78 is 23.6. The first-order chi connectivity index (χ1) is 11.9. The molecule has 3 rings (SSSR count). The van der Waals surface area contributed by atoms with Crippen LogP contribution in [0.15, 0.2) is 0 Å². The number of ether oxygens (including phenoxy) is 4. The molecule has 3 fully saturated rings. The van der Waals surface area contributed by atoms with E-state index in [2.05, 4.69) is 5.32 Å². The quantitative estimate of drug-likeness (QED) is 0.577. The van der Waals surface area contributed by atoms with Gasteiger partial charge in [-0.15, -0.1) is 0 Å². The van der Waals surface area contributed by atoms with Crippen molar-refractivity contribution in [2.45, 2.75) is 75.4 Å². The number of nitrogens with two attached hydrogens (primary N) is 1. The molecular formula is C18H34NO6+. The smallest absolute Gasteiger partial charge is 0.195 e. The highest BCUT2D eigenvalue weighted by atomic mass is 16.5. The van der Waals surface area contributed by atoms with Crippen molar-refractivity contribution in [2.75, 3.05) is 27.4 Å². The summed E-state index contributed by atoms with van der Waals surface area (Å²) in [5.74, 6) is 0.857. The molecule has 0 amide bonds. The Morgan fingerprint density at radius 2 is 1.84 bits per heavy atom. The summed E-state index contributed by atoms with van der Waals surface area (Å²) >= 11 is 0. The lowest BCUT2D eigenvalue weighted by Crippen LogP contribution is -3.03. The first-order valence-corrected chi connectivity index (χ1v) is 9.41. The van der Waals surface area contributed by atoms with Crippen LogP contribution < -0.4 is 5.32 Å². The fourth-order valence-electron chi connectivity index (χ4n) is 4.81. The molecule has 0 aromatic heterocycles. The second-order valence-corrected chi connectivity index (χ2v) is 8.24. The zero-order chi connectivity index (χ0) is 18.2. The summed E-state index contributed by atoms with van der Waals surface area (Å²) in [6, 6.07) is 0.215. The number of quaternary nitrogens is 1. The van der Waals surface area contributed by atoms with E-state index in [-0.39, 0.29) is 37.2 Å². The minimum atomic E-state index is -1.18. The normalized spacial score (nSPS) is 42.7. The first kappa shape index (κ1) is 19.5. The largest absolute Gasteiger partial charge is 0.388 e. The van der Waals surface area contributed by atoms with Crippen LogP contribution in [-0.2, 0) is 18.9 Å². The predicted molar refractivity (Wildman–Crippen MR) is 89.9 cm³/mol. The third kappa shape index (κ3) is 3.88. The molecule has 7 heteroatoms. The molecule has 1 saturated carbocycles. The van der Waals surface area contributed by atoms with Gasteiger partial charge in [-0.2, -0.15) is 0 Å². The van der Waals surface area contributed by atoms with Crippen LogP contribution in [0.3, 0.4) is 0 Å². The van der Waals surface area contributed by atoms with Crippen molar-refractivity contribution in [1.29, 1.82) is 0 Å². The number of aliphatic hydroxyl groups is 2. The molecule has 7 nitrogen and oxygen atoms in total. The van der Waals surface area contributed by atoms with Crippen LogP contribution in [0, 0.1) is 11.8 Å². The average molecular weight is 360 g/mol. The molecule has 2 aliphatic heterocycles. The molecule has 0 aromatic rings. The van der Waals surface area contributed by atoms with Gasteiger partial charge in [0, 0.05) is 20.1 Å². The minimum absolute atomic E-state index is 0.0874. The van der Waals surface area contributed by atoms with Crippen LogP contribution in [0.2, 0.25) is 0 Å². The van der Waals surface area contributed by atoms with Crippen molar-refractivity contribution in [3.63, 3.8) is 0 Å². The van der Waals surface area contributed by atoms with Gasteiger partial charge in [-0.3, -0.25) is 0 Å². The lowest BCUT2D eigenvalue weighted by molar-refractivity contribution is -0.783. The number of aliphatic hydroxyl groups excluding tert-OH is 1. The Kier molecular flexibility index (Phi) is 6.05. The molecule has 3 aliphatic rings. The summed E-state index contributed by atoms with van der Waals surface area (Å²) in [7, 11) is 3.51. The fraction of sp³-hybridized carbons (Fsp3) is 1.00. The summed E-state index contributed by atoms with van der Waals surface area (Å²) in [5, 5.41) is 22.2. The van der Waals surface area contributed by atoms with Crippen LogP contribution >= 0.6 is 0 Å². The molecule has 0 spiro atoms. The second-order valence-electron chi connectivity index (χ2n) is 8.24. The van der Waals surface area contributed by atoms with E-state index >= 15 is 0 Å². The molecule has 8 unspecified atom stereocenters. The fourth-order valence-corrected chi connectivity index (χ4v) is 4.81. The van der Waals surface area contributed by atoms with Gasteiger partial charge < -0.3 is 34.5 Å². The van der Waals surface area contributed by atoms with Crippen LogP contribution in [0.4, 0.5) is 0 Å². The van der Waals surface area contributed by atoms with Gasteiger partial charge in [0.1, 0.15) is 18.2 Å². The topological polar surface area (TPSA) is 94.0 Å². The van der Waals surface area contributed by atoms with E-state index in [1.54, 1.807) is 28.1 Å². The molecule has 0 radical (unpaired) electrons. The van der Waals surface area contributed by atoms with Crippen molar-refractivity contribution in [1.82, 2.24) is 0 Å². The van der Waals surface area contributed by atoms with Gasteiger partial charge >= 0.3 is 0 Å². The Morgan fingerprint density at radius 1 is 1.12 bits per heavy atom. The van der Waals surface area contributed by atoms with Gasteiger partial charge in [0.25, 0.3) is 0 Å². The number of hydrogen-bond acceptors (Lipinski definition) is 6. The van der Waals surface area contributed by atoms with E-state index in [9.17, 15) is 10.2 Å². The van der Waals surface area contributed by atoms with Gasteiger partial charge in [0.05, 0.1) is 36.9 Å². The Balaban J connectivity index is 1.68. The molecule has 0 bridgehead atoms. The SMILES string of the molecule is COC1C2CCOC2[NH2+]C2C1CCC(OCC(O)C(C)(C)O)C2OC. The first-order valence-electron chi connectivity index (χ1n) is 9.41. The molecule has 2 saturated heterocycles. The zero-order valence-corrected chi connectivity index (χ0v) is 15.8. The number of hydrogen-bond donors (Lipinski definition) is 3. The maximum atomic E-state index is 10.0. The van der Waals surface area contributed by atoms with E-state index in [1.807, 2.05) is 0 Å². The Labute approximate surface area is 150 Å². The highest BCUT2D eigenvalue weighted by Crippen LogP contribution is 2.39. The minimum Gasteiger partial charge on any atom is -0.388 e. The molecule has 25 heavy (non-hydrogen) atoms. The maximum absolute atomic E-state index is 10.0. The van der Waals surface area contributed by atoms with Gasteiger partial charge in [0.2, 0.25) is 0 Å². The van der Waals surface area contributed by atoms with Gasteiger partial charge in [0.15, 0.2) is 6.23 Å². The number of fused-ring (bicyclic) bond motifs is 2. The summed E-state index contributed by atoms with van der Waals surface area (Å²) in [5.41, 5.74) is -1.18. The molecular weight excluding hydrogens is 326 g/mol. The summed E-state index contributed by atoms with van der Waals surface area (Å²) in [6.45, 7) is 4.06. The van der Waals surface area contributed by atoms with Crippen molar-refractivity contribution in [3.8, 4) is 0 Å². The van der Waals surface area contributed by atoms with Crippen LogP contribution in [0.5, 0.6) is 0 Å². The molecule has 146 valence electrons. The predicted octanol–water partition coefficient (Wildman–Crippen LogP) is -0.748. The molecule has 0 aromatic carbocycles. The van der Waals surface area contributed by atoms with Crippen LogP contribution in [0.1, 0.15) is 33.1 Å². The molecule has 4 N–H and O–H groups in total. The highest BCUT2D eigenvalue weighted by Gasteiger charge is 2.56. The van der Waals surface area contributed by atoms with Gasteiger partial charge in [-0.1, -0.05) is 0 Å². The summed E-state index contributed by atoms with van der Waals surface area (Å²) in [4.78, 5) is 0. The van der Waals surface area contributed by atoms with Crippen molar-refractivity contribution in [2.24, 2.45) is 11.8 Å². The van der Waals surface area contributed by atoms with Gasteiger partial charge in [-0.25, -0.2) is 0 Å². The van der Waals surface area contributed by atoms with E-state index < -0.39 is 11.7 Å². The molecule has 1 aliphatic carbocycles. The van der Waals surface area contributed by atoms with Crippen LogP contribution in [0.25, 0.3) is 0 Å². The Hall–Kier alpha value is -0.280. The van der Waals surface area contributed by atoms with E-state index in [0.717, 1.165) is 25.9 Å². The number of methoxy groups -OCH3 is 2. The van der Waals surface area contributed by atoms with Crippen molar-refractivity contribution >= 4 is 0 Å². The highest BCUT2D eigenvalue weighted by molar-refractivity contribution is 4.98. The second kappa shape index (κ2) is 7.76.